The fraction of sp³-hybridized carbons (Fsp3) is 0.222. The molecule has 0 saturated carbocycles. The van der Waals surface area contributed by atoms with E-state index in [-0.39, 0.29) is 5.91 Å². The number of nitrogens with one attached hydrogen (secondary N) is 1. The molecule has 0 aliphatic heterocycles. The van der Waals surface area contributed by atoms with Crippen molar-refractivity contribution in [1.82, 2.24) is 14.7 Å². The number of amides is 1. The predicted molar refractivity (Wildman–Crippen MR) is 91.7 cm³/mol. The monoisotopic (exact) mass is 327 g/mol. The van der Waals surface area contributed by atoms with Gasteiger partial charge in [0, 0.05) is 31.8 Å². The van der Waals surface area contributed by atoms with Crippen LogP contribution in [0.15, 0.2) is 54.9 Å². The molecule has 1 amide bonds. The second-order valence-corrected chi connectivity index (χ2v) is 5.87. The number of rotatable bonds is 6. The van der Waals surface area contributed by atoms with Crippen LogP contribution in [-0.2, 0) is 17.6 Å². The number of fused-ring (bicyclic) bond motifs is 1. The van der Waals surface area contributed by atoms with Gasteiger partial charge >= 0.3 is 0 Å². The molecule has 1 aromatic carbocycles. The summed E-state index contributed by atoms with van der Waals surface area (Å²) in [5, 5.41) is 3.62. The fourth-order valence-corrected chi connectivity index (χ4v) is 2.63. The first kappa shape index (κ1) is 15.6. The summed E-state index contributed by atoms with van der Waals surface area (Å²) < 4.78 is 1.90. The van der Waals surface area contributed by atoms with E-state index in [1.807, 2.05) is 59.3 Å². The highest BCUT2D eigenvalue weighted by molar-refractivity contribution is 6.30. The zero-order valence-electron chi connectivity index (χ0n) is 12.7. The Morgan fingerprint density at radius 2 is 1.91 bits per heavy atom. The molecule has 0 spiro atoms. The lowest BCUT2D eigenvalue weighted by Crippen LogP contribution is -2.25. The maximum atomic E-state index is 11.9. The molecule has 0 bridgehead atoms. The smallest absolute Gasteiger partial charge is 0.220 e. The molecule has 5 heteroatoms. The number of nitrogens with zero attached hydrogens (tertiary/aromatic N) is 2. The molecule has 2 aromatic heterocycles. The number of carbonyl (C=O) groups is 1. The van der Waals surface area contributed by atoms with E-state index in [2.05, 4.69) is 10.3 Å². The van der Waals surface area contributed by atoms with Crippen LogP contribution in [0.25, 0.3) is 5.65 Å². The van der Waals surface area contributed by atoms with Crippen molar-refractivity contribution in [3.05, 3.63) is 71.1 Å². The van der Waals surface area contributed by atoms with Gasteiger partial charge in [0.25, 0.3) is 0 Å². The van der Waals surface area contributed by atoms with Crippen LogP contribution in [-0.4, -0.2) is 21.8 Å². The Morgan fingerprint density at radius 3 is 2.74 bits per heavy atom. The van der Waals surface area contributed by atoms with Crippen LogP contribution in [0, 0.1) is 0 Å². The number of imidazole rings is 1. The third kappa shape index (κ3) is 4.33. The molecule has 0 unspecified atom stereocenters. The molecule has 118 valence electrons. The number of aryl methyl sites for hydroxylation is 1. The number of carbonyl (C=O) groups excluding carboxylic acids is 1. The van der Waals surface area contributed by atoms with Crippen molar-refractivity contribution in [2.24, 2.45) is 0 Å². The summed E-state index contributed by atoms with van der Waals surface area (Å²) in [4.78, 5) is 16.4. The van der Waals surface area contributed by atoms with Gasteiger partial charge in [-0.25, -0.2) is 4.98 Å². The first-order valence-electron chi connectivity index (χ1n) is 7.64. The van der Waals surface area contributed by atoms with E-state index in [0.29, 0.717) is 24.4 Å². The summed E-state index contributed by atoms with van der Waals surface area (Å²) in [6, 6.07) is 13.7. The first-order chi connectivity index (χ1) is 11.2. The van der Waals surface area contributed by atoms with Gasteiger partial charge in [0.15, 0.2) is 0 Å². The minimum atomic E-state index is 0.0701. The molecule has 4 nitrogen and oxygen atoms in total. The molecule has 0 fully saturated rings. The van der Waals surface area contributed by atoms with Gasteiger partial charge in [-0.1, -0.05) is 41.9 Å². The van der Waals surface area contributed by atoms with Crippen LogP contribution in [0.5, 0.6) is 0 Å². The molecule has 2 heterocycles. The van der Waals surface area contributed by atoms with Gasteiger partial charge in [0.2, 0.25) is 5.91 Å². The number of hydrogen-bond acceptors (Lipinski definition) is 2. The average molecular weight is 328 g/mol. The average Bonchev–Trinajstić information content (AvgIpc) is 2.95. The Bertz CT molecular complexity index is 798. The third-order valence-corrected chi connectivity index (χ3v) is 3.88. The molecular formula is C18H18ClN3O. The Kier molecular flexibility index (Phi) is 4.93. The number of halogens is 1. The van der Waals surface area contributed by atoms with Crippen LogP contribution < -0.4 is 5.32 Å². The standard InChI is InChI=1S/C18H18ClN3O/c19-15-7-8-17-21-16(13-22(17)12-15)10-11-20-18(23)9-6-14-4-2-1-3-5-14/h1-5,7-8,12-13H,6,9-11H2,(H,20,23). The van der Waals surface area contributed by atoms with Crippen LogP contribution in [0.1, 0.15) is 17.7 Å². The van der Waals surface area contributed by atoms with Crippen molar-refractivity contribution < 1.29 is 4.79 Å². The molecule has 0 atom stereocenters. The Balaban J connectivity index is 1.45. The van der Waals surface area contributed by atoms with Gasteiger partial charge in [0.1, 0.15) is 5.65 Å². The van der Waals surface area contributed by atoms with Crippen molar-refractivity contribution in [1.29, 1.82) is 0 Å². The van der Waals surface area contributed by atoms with Crippen LogP contribution in [0.2, 0.25) is 5.02 Å². The van der Waals surface area contributed by atoms with Gasteiger partial charge in [-0.05, 0) is 24.1 Å². The Labute approximate surface area is 140 Å². The van der Waals surface area contributed by atoms with Crippen molar-refractivity contribution in [3.63, 3.8) is 0 Å². The SMILES string of the molecule is O=C(CCc1ccccc1)NCCc1cn2cc(Cl)ccc2n1. The van der Waals surface area contributed by atoms with E-state index >= 15 is 0 Å². The minimum Gasteiger partial charge on any atom is -0.356 e. The Hall–Kier alpha value is -2.33. The Morgan fingerprint density at radius 1 is 1.09 bits per heavy atom. The lowest BCUT2D eigenvalue weighted by molar-refractivity contribution is -0.121. The molecule has 3 aromatic rings. The zero-order valence-corrected chi connectivity index (χ0v) is 13.5. The lowest BCUT2D eigenvalue weighted by Gasteiger charge is -2.04. The van der Waals surface area contributed by atoms with Crippen molar-refractivity contribution >= 4 is 23.2 Å². The minimum absolute atomic E-state index is 0.0701. The van der Waals surface area contributed by atoms with Gasteiger partial charge in [-0.15, -0.1) is 0 Å². The predicted octanol–water partition coefficient (Wildman–Crippen LogP) is 3.28. The maximum absolute atomic E-state index is 11.9. The molecule has 23 heavy (non-hydrogen) atoms. The van der Waals surface area contributed by atoms with Crippen molar-refractivity contribution in [2.75, 3.05) is 6.54 Å². The highest BCUT2D eigenvalue weighted by Gasteiger charge is 2.05. The van der Waals surface area contributed by atoms with E-state index < -0.39 is 0 Å². The van der Waals surface area contributed by atoms with Gasteiger partial charge in [-0.2, -0.15) is 0 Å². The quantitative estimate of drug-likeness (QED) is 0.755. The van der Waals surface area contributed by atoms with E-state index in [9.17, 15) is 4.79 Å². The largest absolute Gasteiger partial charge is 0.356 e. The molecule has 0 aliphatic carbocycles. The first-order valence-corrected chi connectivity index (χ1v) is 8.02. The molecule has 0 radical (unpaired) electrons. The zero-order chi connectivity index (χ0) is 16.1. The number of hydrogen-bond donors (Lipinski definition) is 1. The van der Waals surface area contributed by atoms with E-state index in [1.54, 1.807) is 0 Å². The summed E-state index contributed by atoms with van der Waals surface area (Å²) in [5.74, 6) is 0.0701. The van der Waals surface area contributed by atoms with Crippen LogP contribution >= 0.6 is 11.6 Å². The molecule has 0 saturated heterocycles. The lowest BCUT2D eigenvalue weighted by atomic mass is 10.1. The number of aromatic nitrogens is 2. The normalized spacial score (nSPS) is 10.8. The highest BCUT2D eigenvalue weighted by Crippen LogP contribution is 2.11. The van der Waals surface area contributed by atoms with Crippen LogP contribution in [0.4, 0.5) is 0 Å². The summed E-state index contributed by atoms with van der Waals surface area (Å²) in [6.07, 6.45) is 5.74. The number of pyridine rings is 1. The summed E-state index contributed by atoms with van der Waals surface area (Å²) in [5.41, 5.74) is 2.98. The van der Waals surface area contributed by atoms with Gasteiger partial charge in [0.05, 0.1) is 10.7 Å². The van der Waals surface area contributed by atoms with E-state index in [1.165, 1.54) is 5.56 Å². The summed E-state index contributed by atoms with van der Waals surface area (Å²) in [7, 11) is 0. The third-order valence-electron chi connectivity index (χ3n) is 3.65. The number of benzene rings is 1. The van der Waals surface area contributed by atoms with Gasteiger partial charge in [-0.3, -0.25) is 4.79 Å². The van der Waals surface area contributed by atoms with Crippen molar-refractivity contribution in [2.45, 2.75) is 19.3 Å². The second kappa shape index (κ2) is 7.29. The fourth-order valence-electron chi connectivity index (χ4n) is 2.46. The van der Waals surface area contributed by atoms with Crippen LogP contribution in [0.3, 0.4) is 0 Å². The van der Waals surface area contributed by atoms with Crippen molar-refractivity contribution in [3.8, 4) is 0 Å². The van der Waals surface area contributed by atoms with E-state index in [0.717, 1.165) is 17.8 Å². The molecule has 1 N–H and O–H groups in total. The molecule has 3 rings (SSSR count). The maximum Gasteiger partial charge on any atom is 0.220 e. The summed E-state index contributed by atoms with van der Waals surface area (Å²) in [6.45, 7) is 0.589. The summed E-state index contributed by atoms with van der Waals surface area (Å²) >= 11 is 5.95. The second-order valence-electron chi connectivity index (χ2n) is 5.43. The van der Waals surface area contributed by atoms with Gasteiger partial charge < -0.3 is 9.72 Å². The molecular weight excluding hydrogens is 310 g/mol. The highest BCUT2D eigenvalue weighted by atomic mass is 35.5. The molecule has 0 aliphatic rings. The topological polar surface area (TPSA) is 46.4 Å². The van der Waals surface area contributed by atoms with E-state index in [4.69, 9.17) is 11.6 Å².